The van der Waals surface area contributed by atoms with Crippen LogP contribution in [0.2, 0.25) is 0 Å². The van der Waals surface area contributed by atoms with Gasteiger partial charge in [0.2, 0.25) is 0 Å². The molecule has 0 aliphatic carbocycles. The Morgan fingerprint density at radius 2 is 2.05 bits per heavy atom. The Morgan fingerprint density at radius 3 is 2.70 bits per heavy atom. The zero-order valence-electron chi connectivity index (χ0n) is 11.5. The van der Waals surface area contributed by atoms with Crippen LogP contribution in [0, 0.1) is 0 Å². The van der Waals surface area contributed by atoms with Gasteiger partial charge in [-0.1, -0.05) is 55.9 Å². The number of nitrogens with zero attached hydrogens (tertiary/aromatic N) is 1. The lowest BCUT2D eigenvalue weighted by Crippen LogP contribution is -2.14. The number of aromatic amines is 1. The van der Waals surface area contributed by atoms with Gasteiger partial charge < -0.3 is 4.98 Å². The van der Waals surface area contributed by atoms with Crippen LogP contribution < -0.4 is 5.56 Å². The predicted octanol–water partition coefficient (Wildman–Crippen LogP) is 4.01. The summed E-state index contributed by atoms with van der Waals surface area (Å²) in [7, 11) is 0. The van der Waals surface area contributed by atoms with E-state index in [0.717, 1.165) is 17.7 Å². The molecule has 5 heteroatoms. The summed E-state index contributed by atoms with van der Waals surface area (Å²) in [5.41, 5.74) is 1.81. The normalized spacial score (nSPS) is 12.3. The molecule has 1 unspecified atom stereocenters. The van der Waals surface area contributed by atoms with Gasteiger partial charge in [0.1, 0.15) is 4.47 Å². The third kappa shape index (κ3) is 3.96. The fourth-order valence-corrected chi connectivity index (χ4v) is 2.91. The molecule has 0 aliphatic rings. The zero-order valence-corrected chi connectivity index (χ0v) is 13.9. The van der Waals surface area contributed by atoms with E-state index >= 15 is 0 Å². The summed E-state index contributed by atoms with van der Waals surface area (Å²) in [6, 6.07) is 10.0. The van der Waals surface area contributed by atoms with Gasteiger partial charge in [0.25, 0.3) is 5.56 Å². The van der Waals surface area contributed by atoms with Crippen LogP contribution in [0.3, 0.4) is 0 Å². The summed E-state index contributed by atoms with van der Waals surface area (Å²) >= 11 is 4.94. The van der Waals surface area contributed by atoms with Crippen LogP contribution in [-0.4, -0.2) is 15.2 Å². The average molecular weight is 353 g/mol. The van der Waals surface area contributed by atoms with E-state index in [2.05, 4.69) is 39.7 Å². The van der Waals surface area contributed by atoms with Crippen molar-refractivity contribution in [3.05, 3.63) is 56.4 Å². The molecule has 1 N–H and O–H groups in total. The average Bonchev–Trinajstić information content (AvgIpc) is 2.45. The van der Waals surface area contributed by atoms with Crippen molar-refractivity contribution in [2.75, 3.05) is 0 Å². The Balaban J connectivity index is 2.30. The second-order valence-corrected chi connectivity index (χ2v) is 6.85. The first kappa shape index (κ1) is 15.3. The lowest BCUT2D eigenvalue weighted by molar-refractivity contribution is 0.846. The van der Waals surface area contributed by atoms with E-state index < -0.39 is 0 Å². The van der Waals surface area contributed by atoms with Gasteiger partial charge in [0.15, 0.2) is 5.16 Å². The summed E-state index contributed by atoms with van der Waals surface area (Å²) in [5, 5.41) is 1.13. The van der Waals surface area contributed by atoms with Gasteiger partial charge in [-0.15, -0.1) is 0 Å². The monoisotopic (exact) mass is 352 g/mol. The maximum atomic E-state index is 12.0. The quantitative estimate of drug-likeness (QED) is 0.653. The molecule has 0 aliphatic heterocycles. The first-order valence-electron chi connectivity index (χ1n) is 6.59. The summed E-state index contributed by atoms with van der Waals surface area (Å²) in [6.45, 7) is 4.25. The van der Waals surface area contributed by atoms with Crippen LogP contribution in [0.1, 0.15) is 31.5 Å². The molecule has 106 valence electrons. The number of hydrogen-bond acceptors (Lipinski definition) is 3. The number of aromatic nitrogens is 2. The number of benzene rings is 1. The highest BCUT2D eigenvalue weighted by molar-refractivity contribution is 9.10. The van der Waals surface area contributed by atoms with Crippen LogP contribution in [0.25, 0.3) is 0 Å². The highest BCUT2D eigenvalue weighted by Gasteiger charge is 2.11. The van der Waals surface area contributed by atoms with Gasteiger partial charge in [0.05, 0.1) is 5.69 Å². The summed E-state index contributed by atoms with van der Waals surface area (Å²) < 4.78 is 0.523. The molecule has 2 aromatic rings. The number of H-pyrrole nitrogens is 1. The van der Waals surface area contributed by atoms with Crippen molar-refractivity contribution < 1.29 is 0 Å². The standard InChI is InChI=1S/C15H17BrN2OS/c1-3-10(2)20-15-17-12(13(16)14(19)18-15)9-11-7-5-4-6-8-11/h4-8,10H,3,9H2,1-2H3,(H,17,18,19). The molecule has 0 fully saturated rings. The second kappa shape index (κ2) is 7.09. The highest BCUT2D eigenvalue weighted by Crippen LogP contribution is 2.23. The molecule has 1 aromatic carbocycles. The minimum atomic E-state index is -0.114. The molecule has 1 atom stereocenters. The summed E-state index contributed by atoms with van der Waals surface area (Å²) in [6.07, 6.45) is 1.69. The lowest BCUT2D eigenvalue weighted by atomic mass is 10.1. The molecule has 0 saturated heterocycles. The summed E-state index contributed by atoms with van der Waals surface area (Å²) in [5.74, 6) is 0. The van der Waals surface area contributed by atoms with Crippen molar-refractivity contribution in [2.45, 2.75) is 37.1 Å². The summed E-state index contributed by atoms with van der Waals surface area (Å²) in [4.78, 5) is 19.4. The third-order valence-electron chi connectivity index (χ3n) is 3.01. The molecule has 1 aromatic heterocycles. The van der Waals surface area contributed by atoms with Gasteiger partial charge in [-0.05, 0) is 27.9 Å². The minimum Gasteiger partial charge on any atom is -0.300 e. The Kier molecular flexibility index (Phi) is 5.43. The maximum absolute atomic E-state index is 12.0. The molecular weight excluding hydrogens is 336 g/mol. The van der Waals surface area contributed by atoms with Gasteiger partial charge in [-0.2, -0.15) is 0 Å². The van der Waals surface area contributed by atoms with Gasteiger partial charge in [-0.25, -0.2) is 4.98 Å². The zero-order chi connectivity index (χ0) is 14.5. The molecule has 0 bridgehead atoms. The van der Waals surface area contributed by atoms with Crippen molar-refractivity contribution in [1.29, 1.82) is 0 Å². The lowest BCUT2D eigenvalue weighted by Gasteiger charge is -2.09. The van der Waals surface area contributed by atoms with Crippen molar-refractivity contribution in [3.8, 4) is 0 Å². The Hall–Kier alpha value is -1.07. The van der Waals surface area contributed by atoms with Crippen molar-refractivity contribution >= 4 is 27.7 Å². The third-order valence-corrected chi connectivity index (χ3v) is 4.98. The van der Waals surface area contributed by atoms with E-state index in [0.29, 0.717) is 21.3 Å². The number of thioether (sulfide) groups is 1. The fraction of sp³-hybridized carbons (Fsp3) is 0.333. The van der Waals surface area contributed by atoms with Crippen molar-refractivity contribution in [3.63, 3.8) is 0 Å². The molecule has 3 nitrogen and oxygen atoms in total. The number of nitrogens with one attached hydrogen (secondary N) is 1. The van der Waals surface area contributed by atoms with E-state index in [1.807, 2.05) is 30.3 Å². The highest BCUT2D eigenvalue weighted by atomic mass is 79.9. The molecule has 2 rings (SSSR count). The van der Waals surface area contributed by atoms with E-state index in [4.69, 9.17) is 0 Å². The first-order chi connectivity index (χ1) is 9.60. The van der Waals surface area contributed by atoms with Crippen LogP contribution in [0.4, 0.5) is 0 Å². The fourth-order valence-electron chi connectivity index (χ4n) is 1.72. The van der Waals surface area contributed by atoms with Gasteiger partial charge in [0, 0.05) is 11.7 Å². The van der Waals surface area contributed by atoms with E-state index in [9.17, 15) is 4.79 Å². The number of rotatable bonds is 5. The van der Waals surface area contributed by atoms with E-state index in [-0.39, 0.29) is 5.56 Å². The topological polar surface area (TPSA) is 45.8 Å². The second-order valence-electron chi connectivity index (χ2n) is 4.63. The van der Waals surface area contributed by atoms with Crippen LogP contribution in [-0.2, 0) is 6.42 Å². The SMILES string of the molecule is CCC(C)Sc1nc(Cc2ccccc2)c(Br)c(=O)[nH]1. The van der Waals surface area contributed by atoms with E-state index in [1.165, 1.54) is 0 Å². The Labute approximate surface area is 131 Å². The maximum Gasteiger partial charge on any atom is 0.266 e. The molecule has 0 spiro atoms. The molecular formula is C15H17BrN2OS. The van der Waals surface area contributed by atoms with Crippen LogP contribution >= 0.6 is 27.7 Å². The van der Waals surface area contributed by atoms with Gasteiger partial charge in [-0.3, -0.25) is 4.79 Å². The predicted molar refractivity (Wildman–Crippen MR) is 87.4 cm³/mol. The van der Waals surface area contributed by atoms with Crippen molar-refractivity contribution in [2.24, 2.45) is 0 Å². The molecule has 0 saturated carbocycles. The largest absolute Gasteiger partial charge is 0.300 e. The Morgan fingerprint density at radius 1 is 1.35 bits per heavy atom. The smallest absolute Gasteiger partial charge is 0.266 e. The molecule has 1 heterocycles. The number of hydrogen-bond donors (Lipinski definition) is 1. The molecule has 0 amide bonds. The van der Waals surface area contributed by atoms with Crippen LogP contribution in [0.15, 0.2) is 44.8 Å². The Bertz CT molecular complexity index is 628. The molecule has 20 heavy (non-hydrogen) atoms. The first-order valence-corrected chi connectivity index (χ1v) is 8.26. The van der Waals surface area contributed by atoms with Gasteiger partial charge >= 0.3 is 0 Å². The molecule has 0 radical (unpaired) electrons. The minimum absolute atomic E-state index is 0.114. The van der Waals surface area contributed by atoms with E-state index in [1.54, 1.807) is 11.8 Å². The van der Waals surface area contributed by atoms with Crippen molar-refractivity contribution in [1.82, 2.24) is 9.97 Å². The van der Waals surface area contributed by atoms with Crippen LogP contribution in [0.5, 0.6) is 0 Å². The number of halogens is 1.